The maximum absolute atomic E-state index is 13.1. The topological polar surface area (TPSA) is 58.9 Å². The molecule has 1 unspecified atom stereocenters. The lowest BCUT2D eigenvalue weighted by Crippen LogP contribution is -2.19. The second-order valence-electron chi connectivity index (χ2n) is 6.23. The van der Waals surface area contributed by atoms with E-state index < -0.39 is 6.29 Å². The van der Waals surface area contributed by atoms with Crippen LogP contribution in [0.5, 0.6) is 0 Å². The SMILES string of the molecule is Cc1ccccc1/C(=N\OC(C)O)C(=O)c1ccc(Sc2ccccc2)cc1. The Morgan fingerprint density at radius 1 is 0.929 bits per heavy atom. The number of rotatable bonds is 7. The van der Waals surface area contributed by atoms with Crippen molar-refractivity contribution < 1.29 is 14.7 Å². The van der Waals surface area contributed by atoms with Gasteiger partial charge in [0.1, 0.15) is 0 Å². The van der Waals surface area contributed by atoms with Gasteiger partial charge in [-0.3, -0.25) is 4.79 Å². The lowest BCUT2D eigenvalue weighted by atomic mass is 9.97. The number of carbonyl (C=O) groups is 1. The fourth-order valence-corrected chi connectivity index (χ4v) is 3.45. The second kappa shape index (κ2) is 9.35. The Hall–Kier alpha value is -2.89. The first-order chi connectivity index (χ1) is 13.5. The summed E-state index contributed by atoms with van der Waals surface area (Å²) in [5.41, 5.74) is 2.26. The van der Waals surface area contributed by atoms with E-state index in [1.165, 1.54) is 6.92 Å². The molecule has 1 atom stereocenters. The quantitative estimate of drug-likeness (QED) is 0.264. The highest BCUT2D eigenvalue weighted by Crippen LogP contribution is 2.27. The van der Waals surface area contributed by atoms with Gasteiger partial charge < -0.3 is 9.94 Å². The Bertz CT molecular complexity index is 967. The molecular formula is C23H21NO3S. The molecule has 4 nitrogen and oxygen atoms in total. The molecule has 0 aliphatic rings. The Balaban J connectivity index is 1.86. The first-order valence-corrected chi connectivity index (χ1v) is 9.72. The van der Waals surface area contributed by atoms with E-state index in [1.807, 2.05) is 73.7 Å². The van der Waals surface area contributed by atoms with E-state index in [1.54, 1.807) is 23.9 Å². The molecule has 0 heterocycles. The number of nitrogens with zero attached hydrogens (tertiary/aromatic N) is 1. The Kier molecular flexibility index (Phi) is 6.63. The van der Waals surface area contributed by atoms with Crippen LogP contribution >= 0.6 is 11.8 Å². The number of Topliss-reactive ketones (excluding diaryl/α,β-unsaturated/α-hetero) is 1. The lowest BCUT2D eigenvalue weighted by Gasteiger charge is -2.10. The van der Waals surface area contributed by atoms with E-state index in [0.29, 0.717) is 11.1 Å². The van der Waals surface area contributed by atoms with E-state index in [2.05, 4.69) is 5.16 Å². The molecule has 0 spiro atoms. The van der Waals surface area contributed by atoms with Gasteiger partial charge in [0.15, 0.2) is 5.71 Å². The van der Waals surface area contributed by atoms with Crippen molar-refractivity contribution in [3.05, 3.63) is 95.6 Å². The minimum atomic E-state index is -1.10. The molecule has 0 saturated heterocycles. The first-order valence-electron chi connectivity index (χ1n) is 8.90. The van der Waals surface area contributed by atoms with Crippen LogP contribution in [0.2, 0.25) is 0 Å². The number of carbonyl (C=O) groups excluding carboxylic acids is 1. The molecule has 0 aromatic heterocycles. The van der Waals surface area contributed by atoms with E-state index in [0.717, 1.165) is 15.4 Å². The standard InChI is InChI=1S/C23H21NO3S/c1-16-8-6-7-11-21(16)22(24-27-17(2)25)23(26)18-12-14-20(15-13-18)28-19-9-4-3-5-10-19/h3-15,17,25H,1-2H3/b24-22+. The third-order valence-electron chi connectivity index (χ3n) is 4.01. The third-order valence-corrected chi connectivity index (χ3v) is 5.02. The van der Waals surface area contributed by atoms with Crippen molar-refractivity contribution in [2.24, 2.45) is 5.16 Å². The van der Waals surface area contributed by atoms with Gasteiger partial charge in [-0.2, -0.15) is 0 Å². The van der Waals surface area contributed by atoms with Gasteiger partial charge in [0.05, 0.1) is 0 Å². The third kappa shape index (κ3) is 5.09. The van der Waals surface area contributed by atoms with Crippen molar-refractivity contribution >= 4 is 23.3 Å². The molecule has 0 saturated carbocycles. The van der Waals surface area contributed by atoms with Crippen LogP contribution < -0.4 is 0 Å². The molecule has 0 fully saturated rings. The summed E-state index contributed by atoms with van der Waals surface area (Å²) in [5, 5.41) is 13.3. The molecule has 0 bridgehead atoms. The number of benzene rings is 3. The number of aryl methyl sites for hydroxylation is 1. The Labute approximate surface area is 168 Å². The van der Waals surface area contributed by atoms with Crippen LogP contribution in [0.4, 0.5) is 0 Å². The van der Waals surface area contributed by atoms with Crippen LogP contribution in [0.15, 0.2) is 93.8 Å². The minimum absolute atomic E-state index is 0.169. The molecule has 0 aliphatic heterocycles. The average Bonchev–Trinajstić information content (AvgIpc) is 2.70. The molecule has 0 amide bonds. The molecule has 5 heteroatoms. The van der Waals surface area contributed by atoms with Gasteiger partial charge in [-0.25, -0.2) is 0 Å². The number of ketones is 1. The van der Waals surface area contributed by atoms with Gasteiger partial charge in [-0.15, -0.1) is 0 Å². The summed E-state index contributed by atoms with van der Waals surface area (Å²) < 4.78 is 0. The molecule has 3 aromatic rings. The molecule has 0 radical (unpaired) electrons. The van der Waals surface area contributed by atoms with Gasteiger partial charge >= 0.3 is 0 Å². The highest BCUT2D eigenvalue weighted by atomic mass is 32.2. The largest absolute Gasteiger partial charge is 0.363 e. The smallest absolute Gasteiger partial charge is 0.221 e. The van der Waals surface area contributed by atoms with Gasteiger partial charge in [0, 0.05) is 27.8 Å². The van der Waals surface area contributed by atoms with Gasteiger partial charge in [0.2, 0.25) is 12.1 Å². The summed E-state index contributed by atoms with van der Waals surface area (Å²) in [6, 6.07) is 24.9. The summed E-state index contributed by atoms with van der Waals surface area (Å²) in [7, 11) is 0. The molecule has 142 valence electrons. The monoisotopic (exact) mass is 391 g/mol. The van der Waals surface area contributed by atoms with Crippen molar-refractivity contribution in [2.45, 2.75) is 29.9 Å². The summed E-state index contributed by atoms with van der Waals surface area (Å²) in [6.07, 6.45) is -1.10. The minimum Gasteiger partial charge on any atom is -0.363 e. The van der Waals surface area contributed by atoms with Crippen molar-refractivity contribution in [3.63, 3.8) is 0 Å². The van der Waals surface area contributed by atoms with Crippen LogP contribution in [0.25, 0.3) is 0 Å². The van der Waals surface area contributed by atoms with E-state index in [-0.39, 0.29) is 11.5 Å². The van der Waals surface area contributed by atoms with Crippen molar-refractivity contribution in [3.8, 4) is 0 Å². The van der Waals surface area contributed by atoms with Crippen LogP contribution in [0.3, 0.4) is 0 Å². The predicted molar refractivity (Wildman–Crippen MR) is 112 cm³/mol. The zero-order valence-electron chi connectivity index (χ0n) is 15.7. The maximum atomic E-state index is 13.1. The fraction of sp³-hybridized carbons (Fsp3) is 0.130. The molecule has 28 heavy (non-hydrogen) atoms. The summed E-state index contributed by atoms with van der Waals surface area (Å²) in [5.74, 6) is -0.258. The van der Waals surface area contributed by atoms with Crippen molar-refractivity contribution in [1.82, 2.24) is 0 Å². The first kappa shape index (κ1) is 19.9. The predicted octanol–water partition coefficient (Wildman–Crippen LogP) is 5.09. The zero-order valence-corrected chi connectivity index (χ0v) is 16.5. The van der Waals surface area contributed by atoms with Crippen LogP contribution in [-0.2, 0) is 4.84 Å². The summed E-state index contributed by atoms with van der Waals surface area (Å²) in [4.78, 5) is 20.2. The highest BCUT2D eigenvalue weighted by molar-refractivity contribution is 7.99. The lowest BCUT2D eigenvalue weighted by molar-refractivity contribution is -0.0835. The van der Waals surface area contributed by atoms with Crippen molar-refractivity contribution in [1.29, 1.82) is 0 Å². The number of aliphatic hydroxyl groups excluding tert-OH is 1. The molecule has 1 N–H and O–H groups in total. The van der Waals surface area contributed by atoms with Crippen LogP contribution in [0, 0.1) is 6.92 Å². The molecule has 3 aromatic carbocycles. The number of oxime groups is 1. The number of hydrogen-bond acceptors (Lipinski definition) is 5. The van der Waals surface area contributed by atoms with E-state index in [4.69, 9.17) is 4.84 Å². The molecule has 3 rings (SSSR count). The molecular weight excluding hydrogens is 370 g/mol. The normalized spacial score (nSPS) is 12.5. The van der Waals surface area contributed by atoms with Gasteiger partial charge in [0.25, 0.3) is 0 Å². The second-order valence-corrected chi connectivity index (χ2v) is 7.38. The van der Waals surface area contributed by atoms with Crippen molar-refractivity contribution in [2.75, 3.05) is 0 Å². The zero-order chi connectivity index (χ0) is 19.9. The van der Waals surface area contributed by atoms with Gasteiger partial charge in [-0.1, -0.05) is 59.4 Å². The number of aliphatic hydroxyl groups is 1. The van der Waals surface area contributed by atoms with E-state index in [9.17, 15) is 9.90 Å². The van der Waals surface area contributed by atoms with Gasteiger partial charge in [-0.05, 0) is 48.9 Å². The molecule has 0 aliphatic carbocycles. The summed E-state index contributed by atoms with van der Waals surface area (Å²) >= 11 is 1.63. The van der Waals surface area contributed by atoms with E-state index >= 15 is 0 Å². The fourth-order valence-electron chi connectivity index (χ4n) is 2.62. The maximum Gasteiger partial charge on any atom is 0.221 e. The van der Waals surface area contributed by atoms with Crippen LogP contribution in [-0.4, -0.2) is 22.9 Å². The number of hydrogen-bond donors (Lipinski definition) is 1. The van der Waals surface area contributed by atoms with Crippen LogP contribution in [0.1, 0.15) is 28.4 Å². The average molecular weight is 391 g/mol. The summed E-state index contributed by atoms with van der Waals surface area (Å²) in [6.45, 7) is 3.35. The highest BCUT2D eigenvalue weighted by Gasteiger charge is 2.19. The Morgan fingerprint density at radius 2 is 1.54 bits per heavy atom. The Morgan fingerprint density at radius 3 is 2.18 bits per heavy atom.